The maximum absolute atomic E-state index is 13.6. The summed E-state index contributed by atoms with van der Waals surface area (Å²) in [5, 5.41) is 11.0. The van der Waals surface area contributed by atoms with Crippen molar-refractivity contribution in [2.24, 2.45) is 0 Å². The molecule has 8 nitrogen and oxygen atoms in total. The minimum atomic E-state index is 0.0244. The Morgan fingerprint density at radius 3 is 2.06 bits per heavy atom. The Balaban J connectivity index is 1.27. The molecule has 2 aliphatic rings. The predicted octanol–water partition coefficient (Wildman–Crippen LogP) is 2.74. The van der Waals surface area contributed by atoms with Crippen LogP contribution in [0, 0.1) is 0 Å². The van der Waals surface area contributed by atoms with Crippen LogP contribution in [0.2, 0.25) is 0 Å². The first-order valence-electron chi connectivity index (χ1n) is 12.1. The van der Waals surface area contributed by atoms with Crippen LogP contribution >= 0.6 is 0 Å². The summed E-state index contributed by atoms with van der Waals surface area (Å²) >= 11 is 0. The van der Waals surface area contributed by atoms with E-state index < -0.39 is 0 Å². The van der Waals surface area contributed by atoms with Crippen molar-refractivity contribution in [1.82, 2.24) is 20.0 Å². The van der Waals surface area contributed by atoms with Gasteiger partial charge in [-0.1, -0.05) is 30.3 Å². The van der Waals surface area contributed by atoms with Crippen molar-refractivity contribution in [2.75, 3.05) is 75.8 Å². The first kappa shape index (κ1) is 22.4. The first-order chi connectivity index (χ1) is 16.6. The second-order valence-corrected chi connectivity index (χ2v) is 8.91. The Kier molecular flexibility index (Phi) is 6.49. The molecule has 2 saturated heterocycles. The van der Waals surface area contributed by atoms with E-state index in [1.807, 2.05) is 48.2 Å². The second kappa shape index (κ2) is 9.85. The number of carbonyl (C=O) groups is 1. The third kappa shape index (κ3) is 4.50. The molecule has 2 fully saturated rings. The van der Waals surface area contributed by atoms with Crippen molar-refractivity contribution < 1.29 is 9.53 Å². The molecular weight excluding hydrogens is 428 g/mol. The van der Waals surface area contributed by atoms with Crippen LogP contribution in [0.3, 0.4) is 0 Å². The lowest BCUT2D eigenvalue weighted by atomic mass is 10.0. The predicted molar refractivity (Wildman–Crippen MR) is 135 cm³/mol. The highest BCUT2D eigenvalue weighted by Gasteiger charge is 2.27. The molecule has 0 radical (unpaired) electrons. The summed E-state index contributed by atoms with van der Waals surface area (Å²) in [5.41, 5.74) is 0.657. The van der Waals surface area contributed by atoms with Gasteiger partial charge >= 0.3 is 0 Å². The molecule has 3 heterocycles. The number of fused-ring (bicyclic) bond motifs is 1. The van der Waals surface area contributed by atoms with Gasteiger partial charge in [0.25, 0.3) is 5.91 Å². The lowest BCUT2D eigenvalue weighted by molar-refractivity contribution is 0.0744. The van der Waals surface area contributed by atoms with Crippen LogP contribution in [0.25, 0.3) is 10.8 Å². The van der Waals surface area contributed by atoms with E-state index in [-0.39, 0.29) is 5.91 Å². The molecule has 0 saturated carbocycles. The Hall–Kier alpha value is -3.39. The van der Waals surface area contributed by atoms with Gasteiger partial charge < -0.3 is 24.3 Å². The van der Waals surface area contributed by atoms with E-state index in [2.05, 4.69) is 44.1 Å². The van der Waals surface area contributed by atoms with Crippen molar-refractivity contribution in [2.45, 2.75) is 6.92 Å². The number of piperazine rings is 2. The molecule has 0 unspecified atom stereocenters. The average Bonchev–Trinajstić information content (AvgIpc) is 2.89. The highest BCUT2D eigenvalue weighted by atomic mass is 16.5. The Labute approximate surface area is 200 Å². The second-order valence-electron chi connectivity index (χ2n) is 8.91. The van der Waals surface area contributed by atoms with Crippen molar-refractivity contribution in [1.29, 1.82) is 0 Å². The summed E-state index contributed by atoms with van der Waals surface area (Å²) in [4.78, 5) is 22.3. The summed E-state index contributed by atoms with van der Waals surface area (Å²) in [6, 6.07) is 16.0. The third-order valence-electron chi connectivity index (χ3n) is 6.76. The normalized spacial score (nSPS) is 17.3. The quantitative estimate of drug-likeness (QED) is 0.580. The molecule has 0 atom stereocenters. The molecule has 1 aromatic heterocycles. The summed E-state index contributed by atoms with van der Waals surface area (Å²) in [5.74, 6) is 2.48. The Morgan fingerprint density at radius 1 is 0.824 bits per heavy atom. The molecule has 34 heavy (non-hydrogen) atoms. The monoisotopic (exact) mass is 460 g/mol. The smallest absolute Gasteiger partial charge is 0.258 e. The van der Waals surface area contributed by atoms with Gasteiger partial charge in [0.1, 0.15) is 5.75 Å². The number of anilines is 2. The molecule has 0 aliphatic carbocycles. The number of hydrogen-bond acceptors (Lipinski definition) is 7. The number of nitrogens with zero attached hydrogens (tertiary/aromatic N) is 6. The molecule has 2 aliphatic heterocycles. The van der Waals surface area contributed by atoms with Crippen molar-refractivity contribution in [3.8, 4) is 5.75 Å². The number of aromatic nitrogens is 2. The summed E-state index contributed by atoms with van der Waals surface area (Å²) in [6.45, 7) is 9.22. The van der Waals surface area contributed by atoms with Crippen LogP contribution in [0.5, 0.6) is 5.75 Å². The van der Waals surface area contributed by atoms with E-state index in [9.17, 15) is 4.79 Å². The molecule has 1 amide bonds. The number of carbonyl (C=O) groups excluding carboxylic acids is 1. The first-order valence-corrected chi connectivity index (χ1v) is 12.1. The zero-order chi connectivity index (χ0) is 23.5. The number of rotatable bonds is 5. The van der Waals surface area contributed by atoms with Crippen LogP contribution < -0.4 is 14.5 Å². The molecule has 0 N–H and O–H groups in total. The van der Waals surface area contributed by atoms with E-state index in [0.717, 1.165) is 61.7 Å². The number of likely N-dealkylation sites (N-methyl/N-ethyl adjacent to an activating group) is 1. The molecule has 178 valence electrons. The maximum Gasteiger partial charge on any atom is 0.258 e. The van der Waals surface area contributed by atoms with Gasteiger partial charge in [-0.2, -0.15) is 0 Å². The van der Waals surface area contributed by atoms with E-state index in [4.69, 9.17) is 4.74 Å². The number of hydrogen-bond donors (Lipinski definition) is 0. The number of benzene rings is 2. The fourth-order valence-corrected chi connectivity index (χ4v) is 4.74. The van der Waals surface area contributed by atoms with E-state index in [0.29, 0.717) is 31.0 Å². The minimum absolute atomic E-state index is 0.0244. The molecule has 0 bridgehead atoms. The van der Waals surface area contributed by atoms with Crippen molar-refractivity contribution in [3.05, 3.63) is 54.1 Å². The fourth-order valence-electron chi connectivity index (χ4n) is 4.74. The largest absolute Gasteiger partial charge is 0.493 e. The fraction of sp³-hybridized carbons (Fsp3) is 0.423. The average molecular weight is 461 g/mol. The number of ether oxygens (including phenoxy) is 1. The van der Waals surface area contributed by atoms with E-state index in [1.54, 1.807) is 0 Å². The van der Waals surface area contributed by atoms with Gasteiger partial charge in [0.05, 0.1) is 12.2 Å². The van der Waals surface area contributed by atoms with Gasteiger partial charge in [0.2, 0.25) is 0 Å². The van der Waals surface area contributed by atoms with Gasteiger partial charge in [0, 0.05) is 52.4 Å². The summed E-state index contributed by atoms with van der Waals surface area (Å²) in [7, 11) is 2.15. The van der Waals surface area contributed by atoms with Crippen LogP contribution in [-0.4, -0.2) is 91.9 Å². The van der Waals surface area contributed by atoms with Gasteiger partial charge in [-0.3, -0.25) is 4.79 Å². The highest BCUT2D eigenvalue weighted by molar-refractivity contribution is 6.09. The lowest BCUT2D eigenvalue weighted by Gasteiger charge is -2.36. The zero-order valence-electron chi connectivity index (χ0n) is 20.0. The van der Waals surface area contributed by atoms with Gasteiger partial charge in [-0.05, 0) is 42.9 Å². The van der Waals surface area contributed by atoms with Gasteiger partial charge in [-0.15, -0.1) is 10.2 Å². The van der Waals surface area contributed by atoms with Gasteiger partial charge in [0.15, 0.2) is 11.6 Å². The lowest BCUT2D eigenvalue weighted by Crippen LogP contribution is -2.49. The topological polar surface area (TPSA) is 65.0 Å². The molecule has 8 heteroatoms. The van der Waals surface area contributed by atoms with Gasteiger partial charge in [-0.25, -0.2) is 0 Å². The summed E-state index contributed by atoms with van der Waals surface area (Å²) in [6.07, 6.45) is 0. The van der Waals surface area contributed by atoms with E-state index in [1.165, 1.54) is 0 Å². The summed E-state index contributed by atoms with van der Waals surface area (Å²) < 4.78 is 5.83. The van der Waals surface area contributed by atoms with Crippen LogP contribution in [-0.2, 0) is 0 Å². The van der Waals surface area contributed by atoms with E-state index >= 15 is 0 Å². The standard InChI is InChI=1S/C26H32N6O2/c1-3-34-22-9-8-20-6-4-5-7-21(20)25(22)26(33)32-18-16-31(17-19-32)24-11-10-23(27-28-24)30-14-12-29(2)13-15-30/h4-11H,3,12-19H2,1-2H3. The minimum Gasteiger partial charge on any atom is -0.493 e. The van der Waals surface area contributed by atoms with Crippen molar-refractivity contribution in [3.63, 3.8) is 0 Å². The molecule has 3 aromatic rings. The highest BCUT2D eigenvalue weighted by Crippen LogP contribution is 2.30. The van der Waals surface area contributed by atoms with Crippen LogP contribution in [0.1, 0.15) is 17.3 Å². The molecular formula is C26H32N6O2. The number of amides is 1. The zero-order valence-corrected chi connectivity index (χ0v) is 20.0. The maximum atomic E-state index is 13.6. The molecule has 5 rings (SSSR count). The third-order valence-corrected chi connectivity index (χ3v) is 6.76. The Morgan fingerprint density at radius 2 is 1.44 bits per heavy atom. The molecule has 2 aromatic carbocycles. The Bertz CT molecular complexity index is 1140. The van der Waals surface area contributed by atoms with Crippen molar-refractivity contribution >= 4 is 28.3 Å². The SMILES string of the molecule is CCOc1ccc2ccccc2c1C(=O)N1CCN(c2ccc(N3CCN(C)CC3)nn2)CC1. The van der Waals surface area contributed by atoms with Crippen LogP contribution in [0.15, 0.2) is 48.5 Å². The molecule has 0 spiro atoms. The van der Waals surface area contributed by atoms with Crippen LogP contribution in [0.4, 0.5) is 11.6 Å².